The normalized spacial score (nSPS) is 15.4. The van der Waals surface area contributed by atoms with Crippen LogP contribution in [0.25, 0.3) is 0 Å². The molecule has 9 heteroatoms. The molecule has 160 valence electrons. The van der Waals surface area contributed by atoms with Gasteiger partial charge in [0.1, 0.15) is 5.69 Å². The maximum atomic E-state index is 13.1. The molecule has 1 fully saturated rings. The number of nitrogens with zero attached hydrogens (tertiary/aromatic N) is 1. The number of ether oxygens (including phenoxy) is 2. The molecule has 0 radical (unpaired) electrons. The highest BCUT2D eigenvalue weighted by atomic mass is 79.9. The predicted octanol–water partition coefficient (Wildman–Crippen LogP) is 3.85. The molecule has 2 aromatic carbocycles. The number of nitro groups is 1. The summed E-state index contributed by atoms with van der Waals surface area (Å²) in [6.45, 7) is 1.89. The van der Waals surface area contributed by atoms with Crippen molar-refractivity contribution in [2.45, 2.75) is 18.4 Å². The zero-order valence-corrected chi connectivity index (χ0v) is 18.2. The molecule has 1 aliphatic rings. The maximum absolute atomic E-state index is 13.1. The first-order valence-corrected chi connectivity index (χ1v) is 10.4. The quantitative estimate of drug-likeness (QED) is 0.340. The Bertz CT molecular complexity index is 915. The molecular formula is C21H24BrN3O5. The fourth-order valence-corrected chi connectivity index (χ4v) is 3.94. The standard InChI is InChI=1S/C21H24BrN3O5/c1-29-12-9-23-18-6-5-15(13-19(18)25(27)28)20(26)24-21(7-10-30-11-8-21)16-3-2-4-17(22)14-16/h2-6,13-14,23H,7-12H2,1H3,(H,24,26). The highest BCUT2D eigenvalue weighted by Crippen LogP contribution is 2.34. The van der Waals surface area contributed by atoms with Gasteiger partial charge in [-0.1, -0.05) is 28.1 Å². The number of hydrogen-bond acceptors (Lipinski definition) is 6. The molecule has 2 N–H and O–H groups in total. The number of hydrogen-bond donors (Lipinski definition) is 2. The molecule has 0 atom stereocenters. The van der Waals surface area contributed by atoms with Crippen molar-refractivity contribution in [1.29, 1.82) is 0 Å². The van der Waals surface area contributed by atoms with E-state index in [1.54, 1.807) is 19.2 Å². The van der Waals surface area contributed by atoms with Gasteiger partial charge >= 0.3 is 0 Å². The van der Waals surface area contributed by atoms with E-state index in [4.69, 9.17) is 9.47 Å². The van der Waals surface area contributed by atoms with E-state index in [1.165, 1.54) is 6.07 Å². The van der Waals surface area contributed by atoms with E-state index in [0.29, 0.717) is 44.9 Å². The number of nitro benzene ring substituents is 1. The van der Waals surface area contributed by atoms with Gasteiger partial charge in [0.25, 0.3) is 11.6 Å². The van der Waals surface area contributed by atoms with E-state index >= 15 is 0 Å². The highest BCUT2D eigenvalue weighted by molar-refractivity contribution is 9.10. The van der Waals surface area contributed by atoms with Crippen LogP contribution < -0.4 is 10.6 Å². The van der Waals surface area contributed by atoms with Crippen LogP contribution in [0.5, 0.6) is 0 Å². The molecule has 1 amide bonds. The summed E-state index contributed by atoms with van der Waals surface area (Å²) in [6, 6.07) is 12.3. The minimum Gasteiger partial charge on any atom is -0.383 e. The van der Waals surface area contributed by atoms with Crippen LogP contribution in [-0.2, 0) is 15.0 Å². The average Bonchev–Trinajstić information content (AvgIpc) is 2.74. The average molecular weight is 478 g/mol. The maximum Gasteiger partial charge on any atom is 0.293 e. The zero-order valence-electron chi connectivity index (χ0n) is 16.7. The van der Waals surface area contributed by atoms with E-state index in [2.05, 4.69) is 26.6 Å². The third-order valence-corrected chi connectivity index (χ3v) is 5.65. The van der Waals surface area contributed by atoms with Crippen LogP contribution in [0.3, 0.4) is 0 Å². The van der Waals surface area contributed by atoms with Gasteiger partial charge in [0, 0.05) is 43.0 Å². The monoisotopic (exact) mass is 477 g/mol. The minimum atomic E-state index is -0.594. The SMILES string of the molecule is COCCNc1ccc(C(=O)NC2(c3cccc(Br)c3)CCOCC2)cc1[N+](=O)[O-]. The molecule has 0 aromatic heterocycles. The Morgan fingerprint density at radius 1 is 1.27 bits per heavy atom. The lowest BCUT2D eigenvalue weighted by molar-refractivity contribution is -0.384. The van der Waals surface area contributed by atoms with Crippen molar-refractivity contribution in [1.82, 2.24) is 5.32 Å². The fourth-order valence-electron chi connectivity index (χ4n) is 3.54. The summed E-state index contributed by atoms with van der Waals surface area (Å²) in [6.07, 6.45) is 1.24. The Labute approximate surface area is 183 Å². The van der Waals surface area contributed by atoms with E-state index < -0.39 is 10.5 Å². The minimum absolute atomic E-state index is 0.151. The second-order valence-electron chi connectivity index (χ2n) is 7.07. The summed E-state index contributed by atoms with van der Waals surface area (Å²) in [5.41, 5.74) is 0.813. The van der Waals surface area contributed by atoms with Gasteiger partial charge in [-0.05, 0) is 42.7 Å². The van der Waals surface area contributed by atoms with E-state index in [1.807, 2.05) is 24.3 Å². The molecule has 2 aromatic rings. The molecule has 8 nitrogen and oxygen atoms in total. The molecule has 0 spiro atoms. The van der Waals surface area contributed by atoms with Crippen molar-refractivity contribution in [2.24, 2.45) is 0 Å². The van der Waals surface area contributed by atoms with Gasteiger partial charge in [-0.25, -0.2) is 0 Å². The number of benzene rings is 2. The number of halogens is 1. The second-order valence-corrected chi connectivity index (χ2v) is 7.98. The molecule has 0 bridgehead atoms. The molecule has 3 rings (SSSR count). The molecule has 1 aliphatic heterocycles. The van der Waals surface area contributed by atoms with Gasteiger partial charge in [0.05, 0.1) is 17.1 Å². The molecular weight excluding hydrogens is 454 g/mol. The number of carbonyl (C=O) groups excluding carboxylic acids is 1. The number of carbonyl (C=O) groups is 1. The fraction of sp³-hybridized carbons (Fsp3) is 0.381. The van der Waals surface area contributed by atoms with Crippen LogP contribution in [0.15, 0.2) is 46.9 Å². The number of nitrogens with one attached hydrogen (secondary N) is 2. The summed E-state index contributed by atoms with van der Waals surface area (Å²) in [5.74, 6) is -0.358. The van der Waals surface area contributed by atoms with Crippen molar-refractivity contribution in [3.8, 4) is 0 Å². The third kappa shape index (κ3) is 5.16. The van der Waals surface area contributed by atoms with Gasteiger partial charge in [-0.15, -0.1) is 0 Å². The summed E-state index contributed by atoms with van der Waals surface area (Å²) >= 11 is 3.49. The van der Waals surface area contributed by atoms with Gasteiger partial charge in [-0.3, -0.25) is 14.9 Å². The van der Waals surface area contributed by atoms with Crippen molar-refractivity contribution >= 4 is 33.2 Å². The first-order chi connectivity index (χ1) is 14.4. The van der Waals surface area contributed by atoms with Crippen LogP contribution in [-0.4, -0.2) is 44.3 Å². The summed E-state index contributed by atoms with van der Waals surface area (Å²) < 4.78 is 11.4. The first kappa shape index (κ1) is 22.2. The molecule has 30 heavy (non-hydrogen) atoms. The van der Waals surface area contributed by atoms with Crippen molar-refractivity contribution in [3.63, 3.8) is 0 Å². The van der Waals surface area contributed by atoms with Crippen LogP contribution in [0.1, 0.15) is 28.8 Å². The summed E-state index contributed by atoms with van der Waals surface area (Å²) in [7, 11) is 1.56. The molecule has 0 aliphatic carbocycles. The lowest BCUT2D eigenvalue weighted by atomic mass is 9.82. The van der Waals surface area contributed by atoms with Gasteiger partial charge < -0.3 is 20.1 Å². The Morgan fingerprint density at radius 2 is 2.03 bits per heavy atom. The predicted molar refractivity (Wildman–Crippen MR) is 117 cm³/mol. The van der Waals surface area contributed by atoms with E-state index in [9.17, 15) is 14.9 Å². The molecule has 0 unspecified atom stereocenters. The smallest absolute Gasteiger partial charge is 0.293 e. The first-order valence-electron chi connectivity index (χ1n) is 9.63. The zero-order chi connectivity index (χ0) is 21.6. The van der Waals surface area contributed by atoms with Gasteiger partial charge in [0.2, 0.25) is 0 Å². The molecule has 1 saturated heterocycles. The lowest BCUT2D eigenvalue weighted by Crippen LogP contribution is -2.49. The van der Waals surface area contributed by atoms with Crippen molar-refractivity contribution in [3.05, 3.63) is 68.2 Å². The number of methoxy groups -OCH3 is 1. The Balaban J connectivity index is 1.87. The van der Waals surface area contributed by atoms with Crippen LogP contribution in [0, 0.1) is 10.1 Å². The van der Waals surface area contributed by atoms with E-state index in [0.717, 1.165) is 10.0 Å². The highest BCUT2D eigenvalue weighted by Gasteiger charge is 2.36. The third-order valence-electron chi connectivity index (χ3n) is 5.15. The Kier molecular flexibility index (Phi) is 7.41. The van der Waals surface area contributed by atoms with E-state index in [-0.39, 0.29) is 17.2 Å². The Hall–Kier alpha value is -2.49. The number of anilines is 1. The van der Waals surface area contributed by atoms with Gasteiger partial charge in [-0.2, -0.15) is 0 Å². The van der Waals surface area contributed by atoms with Crippen molar-refractivity contribution in [2.75, 3.05) is 38.8 Å². The van der Waals surface area contributed by atoms with Crippen LogP contribution in [0.2, 0.25) is 0 Å². The topological polar surface area (TPSA) is 103 Å². The largest absolute Gasteiger partial charge is 0.383 e. The second kappa shape index (κ2) is 10.0. The van der Waals surface area contributed by atoms with Crippen LogP contribution in [0.4, 0.5) is 11.4 Å². The number of amides is 1. The number of rotatable bonds is 8. The van der Waals surface area contributed by atoms with Gasteiger partial charge in [0.15, 0.2) is 0 Å². The lowest BCUT2D eigenvalue weighted by Gasteiger charge is -2.38. The van der Waals surface area contributed by atoms with Crippen LogP contribution >= 0.6 is 15.9 Å². The summed E-state index contributed by atoms with van der Waals surface area (Å²) in [4.78, 5) is 24.1. The summed E-state index contributed by atoms with van der Waals surface area (Å²) in [5, 5.41) is 17.6. The molecule has 1 heterocycles. The molecule has 0 saturated carbocycles. The Morgan fingerprint density at radius 3 is 2.70 bits per heavy atom. The van der Waals surface area contributed by atoms with Crippen molar-refractivity contribution < 1.29 is 19.2 Å².